The Kier molecular flexibility index (Phi) is 5.83. The van der Waals surface area contributed by atoms with Crippen molar-refractivity contribution in [3.05, 3.63) is 48.0 Å². The van der Waals surface area contributed by atoms with Crippen molar-refractivity contribution >= 4 is 11.4 Å². The van der Waals surface area contributed by atoms with Crippen LogP contribution in [-0.2, 0) is 0 Å². The fraction of sp³-hybridized carbons (Fsp3) is 0.478. The first-order valence-electron chi connectivity index (χ1n) is 10.4. The molecule has 2 heterocycles. The summed E-state index contributed by atoms with van der Waals surface area (Å²) in [4.78, 5) is 4.88. The van der Waals surface area contributed by atoms with Gasteiger partial charge in [-0.3, -0.25) is 0 Å². The molecule has 1 saturated heterocycles. The van der Waals surface area contributed by atoms with Gasteiger partial charge in [-0.05, 0) is 49.6 Å². The van der Waals surface area contributed by atoms with E-state index in [1.54, 1.807) is 14.2 Å². The quantitative estimate of drug-likeness (QED) is 0.778. The largest absolute Gasteiger partial charge is 0.493 e. The van der Waals surface area contributed by atoms with E-state index >= 15 is 0 Å². The van der Waals surface area contributed by atoms with E-state index in [0.717, 1.165) is 31.5 Å². The molecule has 6 heteroatoms. The Labute approximate surface area is 173 Å². The molecule has 4 rings (SSSR count). The van der Waals surface area contributed by atoms with Crippen LogP contribution in [0.15, 0.2) is 42.5 Å². The summed E-state index contributed by atoms with van der Waals surface area (Å²) in [7, 11) is 3.23. The van der Waals surface area contributed by atoms with Crippen LogP contribution < -0.4 is 19.7 Å². The van der Waals surface area contributed by atoms with Gasteiger partial charge in [-0.2, -0.15) is 0 Å². The third-order valence-electron chi connectivity index (χ3n) is 6.14. The summed E-state index contributed by atoms with van der Waals surface area (Å²) in [6, 6.07) is 14.7. The minimum absolute atomic E-state index is 0.321. The van der Waals surface area contributed by atoms with Gasteiger partial charge >= 0.3 is 0 Å². The van der Waals surface area contributed by atoms with E-state index in [9.17, 15) is 5.11 Å². The number of anilines is 2. The average molecular weight is 398 g/mol. The molecule has 2 N–H and O–H groups in total. The molecule has 2 unspecified atom stereocenters. The van der Waals surface area contributed by atoms with Gasteiger partial charge in [-0.1, -0.05) is 18.2 Å². The summed E-state index contributed by atoms with van der Waals surface area (Å²) < 4.78 is 10.7. The first-order valence-corrected chi connectivity index (χ1v) is 10.4. The van der Waals surface area contributed by atoms with Gasteiger partial charge < -0.3 is 29.7 Å². The maximum absolute atomic E-state index is 10.7. The molecule has 2 aromatic rings. The van der Waals surface area contributed by atoms with Gasteiger partial charge in [-0.25, -0.2) is 0 Å². The highest BCUT2D eigenvalue weighted by atomic mass is 16.5. The Morgan fingerprint density at radius 1 is 1.07 bits per heavy atom. The number of methoxy groups -OCH3 is 2. The summed E-state index contributed by atoms with van der Waals surface area (Å²) in [5, 5.41) is 14.3. The van der Waals surface area contributed by atoms with Crippen molar-refractivity contribution in [3.63, 3.8) is 0 Å². The van der Waals surface area contributed by atoms with Crippen LogP contribution in [0.5, 0.6) is 11.5 Å². The number of piperidine rings is 1. The van der Waals surface area contributed by atoms with Crippen LogP contribution in [0.1, 0.15) is 31.4 Å². The summed E-state index contributed by atoms with van der Waals surface area (Å²) in [6.07, 6.45) is 1.97. The number of hydrogen-bond donors (Lipinski definition) is 2. The highest BCUT2D eigenvalue weighted by Gasteiger charge is 2.33. The first-order chi connectivity index (χ1) is 14.1. The maximum atomic E-state index is 10.7. The van der Waals surface area contributed by atoms with Crippen molar-refractivity contribution in [2.45, 2.75) is 38.1 Å². The Morgan fingerprint density at radius 2 is 1.79 bits per heavy atom. The summed E-state index contributed by atoms with van der Waals surface area (Å²) >= 11 is 0. The standard InChI is InChI=1S/C23H31N3O3/c1-16-24-19-6-4-5-7-20(19)26(16)18-10-12-25(13-11-18)15-21(27)17-8-9-22(28-2)23(14-17)29-3/h4-9,14,16,18,21,24,27H,10-13,15H2,1-3H3. The molecular weight excluding hydrogens is 366 g/mol. The van der Waals surface area contributed by atoms with Crippen molar-refractivity contribution < 1.29 is 14.6 Å². The van der Waals surface area contributed by atoms with Crippen molar-refractivity contribution in [1.82, 2.24) is 4.90 Å². The van der Waals surface area contributed by atoms with Crippen molar-refractivity contribution in [3.8, 4) is 11.5 Å². The first kappa shape index (κ1) is 19.9. The molecule has 29 heavy (non-hydrogen) atoms. The molecule has 0 amide bonds. The van der Waals surface area contributed by atoms with Gasteiger partial charge in [0.15, 0.2) is 11.5 Å². The summed E-state index contributed by atoms with van der Waals surface area (Å²) in [5.41, 5.74) is 3.39. The lowest BCUT2D eigenvalue weighted by molar-refractivity contribution is 0.0963. The number of ether oxygens (including phenoxy) is 2. The number of hydrogen-bond acceptors (Lipinski definition) is 6. The van der Waals surface area contributed by atoms with Crippen LogP contribution in [0.25, 0.3) is 0 Å². The number of nitrogens with one attached hydrogen (secondary N) is 1. The van der Waals surface area contributed by atoms with Crippen LogP contribution in [0.2, 0.25) is 0 Å². The Balaban J connectivity index is 1.36. The van der Waals surface area contributed by atoms with Crippen molar-refractivity contribution in [2.24, 2.45) is 0 Å². The monoisotopic (exact) mass is 397 g/mol. The smallest absolute Gasteiger partial charge is 0.161 e. The number of para-hydroxylation sites is 2. The second-order valence-electron chi connectivity index (χ2n) is 7.91. The fourth-order valence-corrected chi connectivity index (χ4v) is 4.63. The molecule has 2 aliphatic heterocycles. The zero-order valence-corrected chi connectivity index (χ0v) is 17.5. The van der Waals surface area contributed by atoms with E-state index in [1.165, 1.54) is 11.4 Å². The normalized spacial score (nSPS) is 20.8. The second kappa shape index (κ2) is 8.51. The number of benzene rings is 2. The number of fused-ring (bicyclic) bond motifs is 1. The Bertz CT molecular complexity index is 836. The number of β-amino-alcohol motifs (C(OH)–C–C–N with tert-alkyl or cyclic N) is 1. The van der Waals surface area contributed by atoms with E-state index in [1.807, 2.05) is 18.2 Å². The number of aliphatic hydroxyl groups excluding tert-OH is 1. The minimum Gasteiger partial charge on any atom is -0.493 e. The lowest BCUT2D eigenvalue weighted by Crippen LogP contribution is -2.48. The zero-order valence-electron chi connectivity index (χ0n) is 17.5. The fourth-order valence-electron chi connectivity index (χ4n) is 4.63. The molecule has 2 atom stereocenters. The molecule has 0 radical (unpaired) electrons. The van der Waals surface area contributed by atoms with E-state index in [0.29, 0.717) is 30.3 Å². The van der Waals surface area contributed by atoms with Gasteiger partial charge in [-0.15, -0.1) is 0 Å². The predicted octanol–water partition coefficient (Wildman–Crippen LogP) is 3.48. The molecule has 0 aromatic heterocycles. The molecule has 1 fully saturated rings. The minimum atomic E-state index is -0.542. The Morgan fingerprint density at radius 3 is 2.52 bits per heavy atom. The lowest BCUT2D eigenvalue weighted by atomic mass is 10.0. The molecule has 0 spiro atoms. The van der Waals surface area contributed by atoms with Gasteiger partial charge in [0.1, 0.15) is 0 Å². The second-order valence-corrected chi connectivity index (χ2v) is 7.91. The summed E-state index contributed by atoms with van der Waals surface area (Å²) in [5.74, 6) is 1.33. The molecule has 0 aliphatic carbocycles. The van der Waals surface area contributed by atoms with Crippen LogP contribution in [0.4, 0.5) is 11.4 Å². The maximum Gasteiger partial charge on any atom is 0.161 e. The van der Waals surface area contributed by atoms with Gasteiger partial charge in [0, 0.05) is 25.7 Å². The predicted molar refractivity (Wildman–Crippen MR) is 116 cm³/mol. The van der Waals surface area contributed by atoms with Gasteiger partial charge in [0.2, 0.25) is 0 Å². The molecule has 0 bridgehead atoms. The SMILES string of the molecule is COc1ccc(C(O)CN2CCC(N3c4ccccc4NC3C)CC2)cc1OC. The highest BCUT2D eigenvalue weighted by molar-refractivity contribution is 5.76. The van der Waals surface area contributed by atoms with Crippen LogP contribution >= 0.6 is 0 Å². The molecule has 0 saturated carbocycles. The third-order valence-corrected chi connectivity index (χ3v) is 6.14. The van der Waals surface area contributed by atoms with Crippen LogP contribution in [0, 0.1) is 0 Å². The van der Waals surface area contributed by atoms with E-state index in [-0.39, 0.29) is 0 Å². The van der Waals surface area contributed by atoms with Crippen molar-refractivity contribution in [1.29, 1.82) is 0 Å². The highest BCUT2D eigenvalue weighted by Crippen LogP contribution is 2.38. The molecule has 2 aliphatic rings. The number of aliphatic hydroxyl groups is 1. The van der Waals surface area contributed by atoms with Crippen molar-refractivity contribution in [2.75, 3.05) is 44.1 Å². The number of rotatable bonds is 6. The average Bonchev–Trinajstić information content (AvgIpc) is 3.09. The molecule has 6 nitrogen and oxygen atoms in total. The van der Waals surface area contributed by atoms with E-state index in [2.05, 4.69) is 46.3 Å². The number of likely N-dealkylation sites (tertiary alicyclic amines) is 1. The molecule has 156 valence electrons. The van der Waals surface area contributed by atoms with E-state index in [4.69, 9.17) is 9.47 Å². The Hall–Kier alpha value is -2.44. The van der Waals surface area contributed by atoms with Crippen LogP contribution in [0.3, 0.4) is 0 Å². The molecular formula is C23H31N3O3. The topological polar surface area (TPSA) is 57.2 Å². The number of nitrogens with zero attached hydrogens (tertiary/aromatic N) is 2. The molecule has 2 aromatic carbocycles. The third kappa shape index (κ3) is 4.00. The summed E-state index contributed by atoms with van der Waals surface area (Å²) in [6.45, 7) is 4.83. The lowest BCUT2D eigenvalue weighted by Gasteiger charge is -2.40. The van der Waals surface area contributed by atoms with Crippen LogP contribution in [-0.4, -0.2) is 56.1 Å². The van der Waals surface area contributed by atoms with E-state index < -0.39 is 6.10 Å². The van der Waals surface area contributed by atoms with Gasteiger partial charge in [0.05, 0.1) is 37.9 Å². The zero-order chi connectivity index (χ0) is 20.4. The van der Waals surface area contributed by atoms with Gasteiger partial charge in [0.25, 0.3) is 0 Å².